The molecule has 0 aromatic carbocycles. The predicted molar refractivity (Wildman–Crippen MR) is 30.6 cm³/mol. The Morgan fingerprint density at radius 3 is 2.17 bits per heavy atom. The monoisotopic (exact) mass is 89.1 g/mol. The summed E-state index contributed by atoms with van der Waals surface area (Å²) < 4.78 is 0. The lowest BCUT2D eigenvalue weighted by Crippen LogP contribution is -2.08. The summed E-state index contributed by atoms with van der Waals surface area (Å²) in [5.41, 5.74) is 2.61. The zero-order chi connectivity index (χ0) is 4.12. The smallest absolute Gasteiger partial charge is 0.0814 e. The van der Waals surface area contributed by atoms with Gasteiger partial charge in [0.15, 0.2) is 0 Å². The zero-order valence-corrected chi connectivity index (χ0v) is 3.62. The lowest BCUT2D eigenvalue weighted by atomic mass is 10.8. The molecule has 0 aliphatic rings. The van der Waals surface area contributed by atoms with Gasteiger partial charge >= 0.3 is 0 Å². The number of hydroxylamine groups is 1. The van der Waals surface area contributed by atoms with Crippen LogP contribution in [0.4, 0.5) is 0 Å². The Morgan fingerprint density at radius 1 is 1.67 bits per heavy atom. The van der Waals surface area contributed by atoms with Gasteiger partial charge in [0.25, 0.3) is 0 Å². The van der Waals surface area contributed by atoms with Crippen LogP contribution >= 0.6 is 0 Å². The van der Waals surface area contributed by atoms with Crippen LogP contribution in [0.25, 0.3) is 0 Å². The molecule has 0 aromatic heterocycles. The maximum Gasteiger partial charge on any atom is 0.0814 e. The second-order valence-electron chi connectivity index (χ2n) is 0.702. The molecule has 0 heterocycles. The number of rotatable bonds is 2. The van der Waals surface area contributed by atoms with E-state index in [1.807, 2.05) is 6.92 Å². The summed E-state index contributed by atoms with van der Waals surface area (Å²) in [6.45, 7) is 2.85. The van der Waals surface area contributed by atoms with Crippen molar-refractivity contribution in [3.8, 4) is 0 Å². The fraction of sp³-hybridized carbons (Fsp3) is 1.00. The maximum atomic E-state index is 4.44. The van der Waals surface area contributed by atoms with Gasteiger partial charge in [0.2, 0.25) is 0 Å². The molecule has 0 aliphatic heterocycles. The van der Waals surface area contributed by atoms with E-state index in [4.69, 9.17) is 0 Å². The van der Waals surface area contributed by atoms with E-state index in [9.17, 15) is 0 Å². The molecule has 3 heteroatoms. The van der Waals surface area contributed by atoms with Crippen molar-refractivity contribution in [1.29, 1.82) is 0 Å². The Hall–Kier alpha value is -0.0151. The Labute approximate surface area is 40.4 Å². The average molecular weight is 88.9 g/mol. The minimum Gasteiger partial charge on any atom is -0.305 e. The molecule has 0 bridgehead atoms. The van der Waals surface area contributed by atoms with E-state index in [2.05, 4.69) is 10.3 Å². The highest BCUT2D eigenvalue weighted by Crippen LogP contribution is 1.47. The molecule has 0 radical (unpaired) electrons. The van der Waals surface area contributed by atoms with E-state index in [0.717, 1.165) is 6.54 Å². The molecule has 1 N–H and O–H groups in total. The van der Waals surface area contributed by atoms with E-state index >= 15 is 0 Å². The maximum absolute atomic E-state index is 4.44. The Balaban J connectivity index is 0. The summed E-state index contributed by atoms with van der Waals surface area (Å²) in [5, 5.41) is 0. The Bertz CT molecular complexity index is 18.3. The number of hydrogen-bond donors (Lipinski definition) is 1. The molecule has 0 aromatic rings. The van der Waals surface area contributed by atoms with Crippen molar-refractivity contribution in [2.24, 2.45) is 0 Å². The normalized spacial score (nSPS) is 7.00. The molecule has 2 nitrogen and oxygen atoms in total. The summed E-state index contributed by atoms with van der Waals surface area (Å²) in [4.78, 5) is 4.44. The molecular formula is C3H12BNO. The molecule has 38 valence electrons. The Kier molecular flexibility index (Phi) is 13.9. The first-order valence-corrected chi connectivity index (χ1v) is 1.67. The summed E-state index contributed by atoms with van der Waals surface area (Å²) in [7, 11) is 1.60. The SMILES string of the molecule is B.CCNOC. The van der Waals surface area contributed by atoms with Crippen molar-refractivity contribution >= 4 is 8.41 Å². The standard InChI is InChI=1S/C3H9NO.BH3/c1-3-4-5-2;/h4H,3H2,1-2H3;1H3. The average Bonchev–Trinajstić information content (AvgIpc) is 1.41. The molecule has 0 amide bonds. The highest BCUT2D eigenvalue weighted by molar-refractivity contribution is 5.75. The molecule has 0 rings (SSSR count). The lowest BCUT2D eigenvalue weighted by molar-refractivity contribution is 0.0962. The van der Waals surface area contributed by atoms with Gasteiger partial charge in [0, 0.05) is 6.54 Å². The first-order valence-electron chi connectivity index (χ1n) is 1.67. The molecule has 0 fully saturated rings. The van der Waals surface area contributed by atoms with Crippen LogP contribution < -0.4 is 5.48 Å². The van der Waals surface area contributed by atoms with Gasteiger partial charge in [0.1, 0.15) is 0 Å². The third-order valence-electron chi connectivity index (χ3n) is 0.289. The molecule has 0 atom stereocenters. The van der Waals surface area contributed by atoms with Crippen molar-refractivity contribution in [2.45, 2.75) is 6.92 Å². The van der Waals surface area contributed by atoms with Crippen LogP contribution in [0.15, 0.2) is 0 Å². The van der Waals surface area contributed by atoms with Crippen LogP contribution in [0.2, 0.25) is 0 Å². The van der Waals surface area contributed by atoms with Gasteiger partial charge in [-0.05, 0) is 0 Å². The van der Waals surface area contributed by atoms with E-state index in [1.165, 1.54) is 0 Å². The lowest BCUT2D eigenvalue weighted by Gasteiger charge is -1.88. The topological polar surface area (TPSA) is 21.3 Å². The summed E-state index contributed by atoms with van der Waals surface area (Å²) >= 11 is 0. The molecule has 0 spiro atoms. The number of nitrogens with one attached hydrogen (secondary N) is 1. The van der Waals surface area contributed by atoms with E-state index < -0.39 is 0 Å². The Morgan fingerprint density at radius 2 is 2.17 bits per heavy atom. The van der Waals surface area contributed by atoms with Crippen LogP contribution in [0.1, 0.15) is 6.92 Å². The van der Waals surface area contributed by atoms with Gasteiger partial charge < -0.3 is 4.84 Å². The second kappa shape index (κ2) is 8.88. The van der Waals surface area contributed by atoms with Crippen LogP contribution in [-0.4, -0.2) is 22.1 Å². The van der Waals surface area contributed by atoms with Crippen molar-refractivity contribution in [2.75, 3.05) is 13.7 Å². The van der Waals surface area contributed by atoms with E-state index in [-0.39, 0.29) is 8.41 Å². The quantitative estimate of drug-likeness (QED) is 0.345. The largest absolute Gasteiger partial charge is 0.305 e. The van der Waals surface area contributed by atoms with Gasteiger partial charge in [0.05, 0.1) is 15.5 Å². The summed E-state index contributed by atoms with van der Waals surface area (Å²) in [6.07, 6.45) is 0. The number of hydrogen-bond acceptors (Lipinski definition) is 2. The highest BCUT2D eigenvalue weighted by Gasteiger charge is 1.61. The van der Waals surface area contributed by atoms with E-state index in [1.54, 1.807) is 7.11 Å². The van der Waals surface area contributed by atoms with Gasteiger partial charge in [-0.25, -0.2) is 5.48 Å². The summed E-state index contributed by atoms with van der Waals surface area (Å²) in [5.74, 6) is 0. The molecular weight excluding hydrogens is 76.9 g/mol. The van der Waals surface area contributed by atoms with Gasteiger partial charge in [-0.2, -0.15) is 0 Å². The predicted octanol–water partition coefficient (Wildman–Crippen LogP) is -1.03. The van der Waals surface area contributed by atoms with Crippen LogP contribution in [0.3, 0.4) is 0 Å². The molecule has 0 saturated heterocycles. The van der Waals surface area contributed by atoms with E-state index in [0.29, 0.717) is 0 Å². The van der Waals surface area contributed by atoms with Crippen molar-refractivity contribution in [3.05, 3.63) is 0 Å². The molecule has 0 unspecified atom stereocenters. The van der Waals surface area contributed by atoms with Crippen LogP contribution in [0, 0.1) is 0 Å². The minimum absolute atomic E-state index is 0. The third kappa shape index (κ3) is 9.01. The summed E-state index contributed by atoms with van der Waals surface area (Å²) in [6, 6.07) is 0. The second-order valence-corrected chi connectivity index (χ2v) is 0.702. The van der Waals surface area contributed by atoms with Gasteiger partial charge in [-0.15, -0.1) is 0 Å². The van der Waals surface area contributed by atoms with Gasteiger partial charge in [-0.1, -0.05) is 6.92 Å². The molecule has 6 heavy (non-hydrogen) atoms. The minimum atomic E-state index is 0. The fourth-order valence-electron chi connectivity index (χ4n) is 0.144. The first-order chi connectivity index (χ1) is 2.41. The molecule has 0 aliphatic carbocycles. The zero-order valence-electron chi connectivity index (χ0n) is 3.62. The van der Waals surface area contributed by atoms with Crippen molar-refractivity contribution < 1.29 is 4.84 Å². The van der Waals surface area contributed by atoms with Crippen LogP contribution in [0.5, 0.6) is 0 Å². The fourth-order valence-corrected chi connectivity index (χ4v) is 0.144. The third-order valence-corrected chi connectivity index (χ3v) is 0.289. The highest BCUT2D eigenvalue weighted by atomic mass is 16.6. The van der Waals surface area contributed by atoms with Gasteiger partial charge in [-0.3, -0.25) is 0 Å². The van der Waals surface area contributed by atoms with Crippen LogP contribution in [-0.2, 0) is 4.84 Å². The van der Waals surface area contributed by atoms with Crippen molar-refractivity contribution in [3.63, 3.8) is 0 Å². The molecule has 0 saturated carbocycles. The first kappa shape index (κ1) is 9.37. The van der Waals surface area contributed by atoms with Crippen molar-refractivity contribution in [1.82, 2.24) is 5.48 Å².